The minimum absolute atomic E-state index is 0.0771. The summed E-state index contributed by atoms with van der Waals surface area (Å²) in [5.74, 6) is -0.330. The molecule has 4 nitrogen and oxygen atoms in total. The predicted molar refractivity (Wildman–Crippen MR) is 85.3 cm³/mol. The minimum Gasteiger partial charge on any atom is -0.346 e. The first-order valence-corrected chi connectivity index (χ1v) is 7.83. The van der Waals surface area contributed by atoms with E-state index in [0.717, 1.165) is 18.4 Å². The van der Waals surface area contributed by atoms with Gasteiger partial charge in [0.2, 0.25) is 5.91 Å². The molecule has 0 aliphatic heterocycles. The van der Waals surface area contributed by atoms with Gasteiger partial charge in [0.15, 0.2) is 5.78 Å². The number of halogens is 1. The van der Waals surface area contributed by atoms with Crippen molar-refractivity contribution in [2.75, 3.05) is 12.4 Å². The predicted octanol–water partition coefficient (Wildman–Crippen LogP) is 2.04. The number of carbonyl (C=O) groups excluding carboxylic acids is 2. The molecule has 0 radical (unpaired) electrons. The number of nitrogens with one attached hydrogen (secondary N) is 1. The largest absolute Gasteiger partial charge is 0.346 e. The van der Waals surface area contributed by atoms with Crippen LogP contribution in [0, 0.1) is 0 Å². The number of nitrogens with two attached hydrogens (primary N) is 1. The SMILES string of the molecule is NCCCC[C@H](NC(=O)CCc1ccccc1)C(=O)CCl. The van der Waals surface area contributed by atoms with Crippen molar-refractivity contribution in [2.45, 2.75) is 38.1 Å². The van der Waals surface area contributed by atoms with Crippen LogP contribution in [0.15, 0.2) is 30.3 Å². The van der Waals surface area contributed by atoms with Crippen molar-refractivity contribution in [3.05, 3.63) is 35.9 Å². The molecule has 1 atom stereocenters. The number of amides is 1. The lowest BCUT2D eigenvalue weighted by Gasteiger charge is -2.16. The smallest absolute Gasteiger partial charge is 0.220 e. The molecule has 3 N–H and O–H groups in total. The Labute approximate surface area is 131 Å². The number of Topliss-reactive ketones (excluding diaryl/α,β-unsaturated/α-hetero) is 1. The zero-order valence-corrected chi connectivity index (χ0v) is 12.9. The molecule has 0 heterocycles. The van der Waals surface area contributed by atoms with Crippen molar-refractivity contribution in [3.8, 4) is 0 Å². The van der Waals surface area contributed by atoms with Gasteiger partial charge in [0, 0.05) is 6.42 Å². The van der Waals surface area contributed by atoms with Crippen LogP contribution in [0.2, 0.25) is 0 Å². The van der Waals surface area contributed by atoms with Crippen LogP contribution in [0.5, 0.6) is 0 Å². The lowest BCUT2D eigenvalue weighted by atomic mass is 10.0. The highest BCUT2D eigenvalue weighted by atomic mass is 35.5. The monoisotopic (exact) mass is 310 g/mol. The van der Waals surface area contributed by atoms with Crippen molar-refractivity contribution >= 4 is 23.3 Å². The van der Waals surface area contributed by atoms with Gasteiger partial charge in [0.05, 0.1) is 11.9 Å². The minimum atomic E-state index is -0.489. The third-order valence-corrected chi connectivity index (χ3v) is 3.55. The fourth-order valence-electron chi connectivity index (χ4n) is 2.07. The number of alkyl halides is 1. The molecule has 21 heavy (non-hydrogen) atoms. The van der Waals surface area contributed by atoms with Gasteiger partial charge in [-0.25, -0.2) is 0 Å². The van der Waals surface area contributed by atoms with Gasteiger partial charge in [-0.1, -0.05) is 30.3 Å². The number of hydrogen-bond donors (Lipinski definition) is 2. The van der Waals surface area contributed by atoms with Gasteiger partial charge in [0.25, 0.3) is 0 Å². The standard InChI is InChI=1S/C16H23ClN2O2/c17-12-15(20)14(8-4-5-11-18)19-16(21)10-9-13-6-2-1-3-7-13/h1-3,6-7,14H,4-5,8-12,18H2,(H,19,21)/t14-/m0/s1. The van der Waals surface area contributed by atoms with Crippen molar-refractivity contribution in [3.63, 3.8) is 0 Å². The molecule has 1 aromatic carbocycles. The van der Waals surface area contributed by atoms with Crippen LogP contribution in [0.1, 0.15) is 31.2 Å². The fourth-order valence-corrected chi connectivity index (χ4v) is 2.25. The molecule has 1 amide bonds. The highest BCUT2D eigenvalue weighted by molar-refractivity contribution is 6.28. The van der Waals surface area contributed by atoms with E-state index in [4.69, 9.17) is 17.3 Å². The second-order valence-corrected chi connectivity index (χ2v) is 5.26. The van der Waals surface area contributed by atoms with Crippen molar-refractivity contribution in [1.82, 2.24) is 5.32 Å². The van der Waals surface area contributed by atoms with E-state index < -0.39 is 6.04 Å². The summed E-state index contributed by atoms with van der Waals surface area (Å²) in [5, 5.41) is 2.78. The molecule has 116 valence electrons. The van der Waals surface area contributed by atoms with E-state index >= 15 is 0 Å². The molecule has 0 bridgehead atoms. The Hall–Kier alpha value is -1.39. The maximum Gasteiger partial charge on any atom is 0.220 e. The topological polar surface area (TPSA) is 72.2 Å². The molecule has 0 aliphatic rings. The number of rotatable bonds is 10. The van der Waals surface area contributed by atoms with Gasteiger partial charge >= 0.3 is 0 Å². The zero-order chi connectivity index (χ0) is 15.5. The maximum atomic E-state index is 11.9. The van der Waals surface area contributed by atoms with E-state index in [-0.39, 0.29) is 17.6 Å². The highest BCUT2D eigenvalue weighted by Crippen LogP contribution is 2.06. The average molecular weight is 311 g/mol. The lowest BCUT2D eigenvalue weighted by Crippen LogP contribution is -2.41. The third kappa shape index (κ3) is 7.25. The van der Waals surface area contributed by atoms with Gasteiger partial charge in [0.1, 0.15) is 0 Å². The molecule has 0 unspecified atom stereocenters. The summed E-state index contributed by atoms with van der Waals surface area (Å²) in [6, 6.07) is 9.30. The zero-order valence-electron chi connectivity index (χ0n) is 12.2. The van der Waals surface area contributed by atoms with E-state index in [0.29, 0.717) is 25.8 Å². The quantitative estimate of drug-likeness (QED) is 0.513. The van der Waals surface area contributed by atoms with E-state index in [9.17, 15) is 9.59 Å². The van der Waals surface area contributed by atoms with Crippen molar-refractivity contribution < 1.29 is 9.59 Å². The van der Waals surface area contributed by atoms with Crippen molar-refractivity contribution in [1.29, 1.82) is 0 Å². The molecule has 5 heteroatoms. The molecule has 0 aliphatic carbocycles. The van der Waals surface area contributed by atoms with Crippen LogP contribution in [0.4, 0.5) is 0 Å². The van der Waals surface area contributed by atoms with Crippen LogP contribution in [0.3, 0.4) is 0 Å². The van der Waals surface area contributed by atoms with Crippen LogP contribution in [-0.2, 0) is 16.0 Å². The highest BCUT2D eigenvalue weighted by Gasteiger charge is 2.19. The summed E-state index contributed by atoms with van der Waals surface area (Å²) in [7, 11) is 0. The summed E-state index contributed by atoms with van der Waals surface area (Å²) in [6.45, 7) is 0.587. The summed E-state index contributed by atoms with van der Waals surface area (Å²) in [6.07, 6.45) is 3.28. The summed E-state index contributed by atoms with van der Waals surface area (Å²) >= 11 is 5.59. The molecule has 0 spiro atoms. The first-order chi connectivity index (χ1) is 10.2. The number of hydrogen-bond acceptors (Lipinski definition) is 3. The molecule has 0 fully saturated rings. The normalized spacial score (nSPS) is 11.9. The Morgan fingerprint density at radius 3 is 2.52 bits per heavy atom. The van der Waals surface area contributed by atoms with Crippen LogP contribution in [-0.4, -0.2) is 30.2 Å². The Morgan fingerprint density at radius 2 is 1.90 bits per heavy atom. The Bertz CT molecular complexity index is 437. The fraction of sp³-hybridized carbons (Fsp3) is 0.500. The maximum absolute atomic E-state index is 11.9. The van der Waals surface area contributed by atoms with Crippen LogP contribution in [0.25, 0.3) is 0 Å². The molecule has 0 saturated heterocycles. The number of ketones is 1. The number of benzene rings is 1. The first-order valence-electron chi connectivity index (χ1n) is 7.29. The summed E-state index contributed by atoms with van der Waals surface area (Å²) in [4.78, 5) is 23.7. The van der Waals surface area contributed by atoms with E-state index in [1.54, 1.807) is 0 Å². The van der Waals surface area contributed by atoms with Gasteiger partial charge in [-0.3, -0.25) is 9.59 Å². The molecular formula is C16H23ClN2O2. The van der Waals surface area contributed by atoms with E-state index in [1.807, 2.05) is 30.3 Å². The van der Waals surface area contributed by atoms with Gasteiger partial charge in [-0.05, 0) is 37.8 Å². The first kappa shape index (κ1) is 17.7. The molecule has 1 rings (SSSR count). The third-order valence-electron chi connectivity index (χ3n) is 3.29. The Morgan fingerprint density at radius 1 is 1.19 bits per heavy atom. The van der Waals surface area contributed by atoms with E-state index in [2.05, 4.69) is 5.32 Å². The van der Waals surface area contributed by atoms with Crippen LogP contribution < -0.4 is 11.1 Å². The lowest BCUT2D eigenvalue weighted by molar-refractivity contribution is -0.126. The number of carbonyl (C=O) groups is 2. The molecule has 1 aromatic rings. The number of aryl methyl sites for hydroxylation is 1. The van der Waals surface area contributed by atoms with Gasteiger partial charge in [-0.15, -0.1) is 11.6 Å². The second-order valence-electron chi connectivity index (χ2n) is 4.99. The molecular weight excluding hydrogens is 288 g/mol. The van der Waals surface area contributed by atoms with E-state index in [1.165, 1.54) is 0 Å². The van der Waals surface area contributed by atoms with Crippen LogP contribution >= 0.6 is 11.6 Å². The van der Waals surface area contributed by atoms with Crippen molar-refractivity contribution in [2.24, 2.45) is 5.73 Å². The molecule has 0 saturated carbocycles. The van der Waals surface area contributed by atoms with Gasteiger partial charge in [-0.2, -0.15) is 0 Å². The average Bonchev–Trinajstić information content (AvgIpc) is 2.52. The summed E-state index contributed by atoms with van der Waals surface area (Å²) < 4.78 is 0. The Balaban J connectivity index is 2.41. The second kappa shape index (κ2) is 10.4. The van der Waals surface area contributed by atoms with Gasteiger partial charge < -0.3 is 11.1 Å². The Kier molecular flexibility index (Phi) is 8.71. The summed E-state index contributed by atoms with van der Waals surface area (Å²) in [5.41, 5.74) is 6.55. The molecule has 0 aromatic heterocycles. The number of unbranched alkanes of at least 4 members (excludes halogenated alkanes) is 1.